The molecule has 3 heteroatoms. The highest BCUT2D eigenvalue weighted by atomic mass is 35.5. The Morgan fingerprint density at radius 3 is 2.83 bits per heavy atom. The normalized spacial score (nSPS) is 15.4. The molecule has 0 saturated carbocycles. The van der Waals surface area contributed by atoms with Gasteiger partial charge in [0, 0.05) is 10.3 Å². The number of alkyl halides is 1. The van der Waals surface area contributed by atoms with Gasteiger partial charge >= 0.3 is 0 Å². The van der Waals surface area contributed by atoms with Crippen LogP contribution in [0.25, 0.3) is 0 Å². The van der Waals surface area contributed by atoms with E-state index < -0.39 is 0 Å². The maximum atomic E-state index is 6.56. The van der Waals surface area contributed by atoms with Gasteiger partial charge in [-0.1, -0.05) is 18.2 Å². The van der Waals surface area contributed by atoms with Crippen LogP contribution in [0, 0.1) is 0 Å². The van der Waals surface area contributed by atoms with Crippen molar-refractivity contribution in [1.29, 1.82) is 0 Å². The van der Waals surface area contributed by atoms with Crippen molar-refractivity contribution in [2.45, 2.75) is 24.6 Å². The summed E-state index contributed by atoms with van der Waals surface area (Å²) in [6.07, 6.45) is 3.69. The molecule has 0 amide bonds. The molecule has 1 nitrogen and oxygen atoms in total. The number of hydrogen-bond acceptors (Lipinski definition) is 2. The molecule has 1 aromatic heterocycles. The molecule has 0 saturated heterocycles. The SMILES string of the molecule is COc1csc(C(Cl)c2ccc3c(c2)CCC3)c1. The smallest absolute Gasteiger partial charge is 0.129 e. The molecule has 1 atom stereocenters. The third-order valence-corrected chi connectivity index (χ3v) is 5.09. The highest BCUT2D eigenvalue weighted by molar-refractivity contribution is 7.10. The number of hydrogen-bond donors (Lipinski definition) is 0. The Morgan fingerprint density at radius 1 is 1.22 bits per heavy atom. The van der Waals surface area contributed by atoms with Crippen LogP contribution in [0.15, 0.2) is 29.6 Å². The van der Waals surface area contributed by atoms with Crippen LogP contribution in [0.5, 0.6) is 5.75 Å². The summed E-state index contributed by atoms with van der Waals surface area (Å²) in [7, 11) is 1.68. The van der Waals surface area contributed by atoms with Crippen LogP contribution in [0.4, 0.5) is 0 Å². The molecule has 1 aromatic carbocycles. The van der Waals surface area contributed by atoms with Crippen LogP contribution in [-0.4, -0.2) is 7.11 Å². The summed E-state index contributed by atoms with van der Waals surface area (Å²) in [6, 6.07) is 8.69. The number of methoxy groups -OCH3 is 1. The second-order valence-corrected chi connectivity index (χ2v) is 6.01. The van der Waals surface area contributed by atoms with Crippen molar-refractivity contribution in [3.63, 3.8) is 0 Å². The van der Waals surface area contributed by atoms with E-state index in [-0.39, 0.29) is 5.38 Å². The summed E-state index contributed by atoms with van der Waals surface area (Å²) in [5.74, 6) is 0.891. The van der Waals surface area contributed by atoms with E-state index in [0.717, 1.165) is 10.6 Å². The second-order valence-electron chi connectivity index (χ2n) is 4.63. The molecular weight excluding hydrogens is 264 g/mol. The van der Waals surface area contributed by atoms with Crippen LogP contribution in [0.3, 0.4) is 0 Å². The first-order valence-corrected chi connectivity index (χ1v) is 7.48. The molecule has 18 heavy (non-hydrogen) atoms. The Balaban J connectivity index is 1.89. The largest absolute Gasteiger partial charge is 0.496 e. The van der Waals surface area contributed by atoms with Crippen LogP contribution in [0.2, 0.25) is 0 Å². The highest BCUT2D eigenvalue weighted by Crippen LogP contribution is 2.37. The van der Waals surface area contributed by atoms with Crippen molar-refractivity contribution in [3.8, 4) is 5.75 Å². The molecule has 1 aliphatic rings. The standard InChI is InChI=1S/C15H15ClOS/c1-17-13-8-14(18-9-13)15(16)12-6-5-10-3-2-4-11(10)7-12/h5-9,15H,2-4H2,1H3. The first-order chi connectivity index (χ1) is 8.78. The number of fused-ring (bicyclic) bond motifs is 1. The van der Waals surface area contributed by atoms with E-state index in [0.29, 0.717) is 0 Å². The van der Waals surface area contributed by atoms with Crippen LogP contribution < -0.4 is 4.74 Å². The van der Waals surface area contributed by atoms with E-state index >= 15 is 0 Å². The van der Waals surface area contributed by atoms with Gasteiger partial charge in [-0.15, -0.1) is 22.9 Å². The van der Waals surface area contributed by atoms with Crippen molar-refractivity contribution in [3.05, 3.63) is 51.2 Å². The minimum Gasteiger partial charge on any atom is -0.496 e. The molecule has 2 aromatic rings. The van der Waals surface area contributed by atoms with Gasteiger partial charge in [0.1, 0.15) is 5.75 Å². The van der Waals surface area contributed by atoms with Gasteiger partial charge in [-0.25, -0.2) is 0 Å². The summed E-state index contributed by atoms with van der Waals surface area (Å²) in [4.78, 5) is 1.14. The number of aryl methyl sites for hydroxylation is 2. The van der Waals surface area contributed by atoms with Gasteiger partial charge in [0.25, 0.3) is 0 Å². The van der Waals surface area contributed by atoms with Crippen molar-refractivity contribution in [2.75, 3.05) is 7.11 Å². The van der Waals surface area contributed by atoms with Gasteiger partial charge < -0.3 is 4.74 Å². The summed E-state index contributed by atoms with van der Waals surface area (Å²) in [6.45, 7) is 0. The Kier molecular flexibility index (Phi) is 3.31. The van der Waals surface area contributed by atoms with Gasteiger partial charge in [-0.05, 0) is 42.0 Å². The zero-order valence-electron chi connectivity index (χ0n) is 10.3. The molecule has 0 radical (unpaired) electrons. The van der Waals surface area contributed by atoms with Crippen molar-refractivity contribution >= 4 is 22.9 Å². The number of ether oxygens (including phenoxy) is 1. The summed E-state index contributed by atoms with van der Waals surface area (Å²) < 4.78 is 5.21. The number of halogens is 1. The van der Waals surface area contributed by atoms with E-state index in [9.17, 15) is 0 Å². The van der Waals surface area contributed by atoms with Gasteiger partial charge in [-0.3, -0.25) is 0 Å². The Labute approximate surface area is 116 Å². The zero-order valence-corrected chi connectivity index (χ0v) is 11.9. The molecule has 0 fully saturated rings. The fraction of sp³-hybridized carbons (Fsp3) is 0.333. The van der Waals surface area contributed by atoms with Crippen molar-refractivity contribution < 1.29 is 4.74 Å². The molecule has 0 aliphatic heterocycles. The van der Waals surface area contributed by atoms with Crippen molar-refractivity contribution in [2.24, 2.45) is 0 Å². The van der Waals surface area contributed by atoms with E-state index in [2.05, 4.69) is 18.2 Å². The van der Waals surface area contributed by atoms with Gasteiger partial charge in [0.2, 0.25) is 0 Å². The average molecular weight is 279 g/mol. The van der Waals surface area contributed by atoms with E-state index in [1.54, 1.807) is 18.4 Å². The highest BCUT2D eigenvalue weighted by Gasteiger charge is 2.17. The van der Waals surface area contributed by atoms with Crippen molar-refractivity contribution in [1.82, 2.24) is 0 Å². The molecule has 0 N–H and O–H groups in total. The van der Waals surface area contributed by atoms with E-state index in [1.807, 2.05) is 11.4 Å². The third-order valence-electron chi connectivity index (χ3n) is 3.50. The number of benzene rings is 1. The van der Waals surface area contributed by atoms with Gasteiger partial charge in [0.05, 0.1) is 12.5 Å². The molecule has 0 bridgehead atoms. The van der Waals surface area contributed by atoms with Gasteiger partial charge in [-0.2, -0.15) is 0 Å². The summed E-state index contributed by atoms with van der Waals surface area (Å²) >= 11 is 8.21. The molecule has 0 spiro atoms. The predicted octanol–water partition coefficient (Wildman–Crippen LogP) is 4.57. The Hall–Kier alpha value is -0.990. The fourth-order valence-electron chi connectivity index (χ4n) is 2.49. The second kappa shape index (κ2) is 4.94. The minimum atomic E-state index is -0.0650. The molecule has 1 unspecified atom stereocenters. The molecule has 94 valence electrons. The predicted molar refractivity (Wildman–Crippen MR) is 77.0 cm³/mol. The molecule has 3 rings (SSSR count). The monoisotopic (exact) mass is 278 g/mol. The molecule has 1 aliphatic carbocycles. The lowest BCUT2D eigenvalue weighted by atomic mass is 10.0. The minimum absolute atomic E-state index is 0.0650. The first-order valence-electron chi connectivity index (χ1n) is 6.16. The van der Waals surface area contributed by atoms with Crippen LogP contribution >= 0.6 is 22.9 Å². The lowest BCUT2D eigenvalue weighted by Crippen LogP contribution is -1.93. The third kappa shape index (κ3) is 2.15. The summed E-state index contributed by atoms with van der Waals surface area (Å²) in [5.41, 5.74) is 4.16. The number of rotatable bonds is 3. The lowest BCUT2D eigenvalue weighted by molar-refractivity contribution is 0.416. The number of thiophene rings is 1. The Morgan fingerprint density at radius 2 is 2.06 bits per heavy atom. The van der Waals surface area contributed by atoms with Crippen LogP contribution in [-0.2, 0) is 12.8 Å². The Bertz CT molecular complexity index is 561. The fourth-order valence-corrected chi connectivity index (χ4v) is 3.70. The van der Waals surface area contributed by atoms with Crippen LogP contribution in [0.1, 0.15) is 33.4 Å². The zero-order chi connectivity index (χ0) is 12.5. The molecule has 1 heterocycles. The molecular formula is C15H15ClOS. The van der Waals surface area contributed by atoms with Gasteiger partial charge in [0.15, 0.2) is 0 Å². The van der Waals surface area contributed by atoms with E-state index in [4.69, 9.17) is 16.3 Å². The maximum Gasteiger partial charge on any atom is 0.129 e. The quantitative estimate of drug-likeness (QED) is 0.747. The topological polar surface area (TPSA) is 9.23 Å². The average Bonchev–Trinajstić information content (AvgIpc) is 3.05. The van der Waals surface area contributed by atoms with E-state index in [1.165, 1.54) is 36.0 Å². The maximum absolute atomic E-state index is 6.56. The lowest BCUT2D eigenvalue weighted by Gasteiger charge is -2.09. The summed E-state index contributed by atoms with van der Waals surface area (Å²) in [5, 5.41) is 1.93. The first kappa shape index (κ1) is 12.1.